The molecule has 1 aromatic carbocycles. The third-order valence-electron chi connectivity index (χ3n) is 6.16. The zero-order valence-corrected chi connectivity index (χ0v) is 15.0. The predicted molar refractivity (Wildman–Crippen MR) is 100.0 cm³/mol. The van der Waals surface area contributed by atoms with E-state index < -0.39 is 5.60 Å². The Balaban J connectivity index is 1.70. The summed E-state index contributed by atoms with van der Waals surface area (Å²) < 4.78 is 5.25. The van der Waals surface area contributed by atoms with Gasteiger partial charge in [-0.05, 0) is 43.2 Å². The van der Waals surface area contributed by atoms with Crippen LogP contribution in [-0.4, -0.2) is 42.0 Å². The highest BCUT2D eigenvalue weighted by atomic mass is 16.5. The molecule has 4 rings (SSSR count). The average Bonchev–Trinajstić information content (AvgIpc) is 2.94. The van der Waals surface area contributed by atoms with Crippen molar-refractivity contribution >= 4 is 11.4 Å². The maximum atomic E-state index is 11.4. The van der Waals surface area contributed by atoms with Crippen molar-refractivity contribution < 1.29 is 9.84 Å². The van der Waals surface area contributed by atoms with Gasteiger partial charge in [0.1, 0.15) is 5.60 Å². The molecule has 2 fully saturated rings. The van der Waals surface area contributed by atoms with Gasteiger partial charge in [0.25, 0.3) is 0 Å². The van der Waals surface area contributed by atoms with Crippen LogP contribution in [0.2, 0.25) is 0 Å². The third-order valence-corrected chi connectivity index (χ3v) is 6.16. The van der Waals surface area contributed by atoms with Crippen molar-refractivity contribution in [3.05, 3.63) is 54.3 Å². The van der Waals surface area contributed by atoms with E-state index in [2.05, 4.69) is 24.5 Å². The summed E-state index contributed by atoms with van der Waals surface area (Å²) in [5.74, 6) is 0.769. The van der Waals surface area contributed by atoms with Crippen LogP contribution in [0.1, 0.15) is 25.3 Å². The Hall–Kier alpha value is -1.91. The Kier molecular flexibility index (Phi) is 4.05. The number of para-hydroxylation sites is 1. The second kappa shape index (κ2) is 6.11. The number of methoxy groups -OCH3 is 1. The summed E-state index contributed by atoms with van der Waals surface area (Å²) >= 11 is 0. The van der Waals surface area contributed by atoms with Gasteiger partial charge in [-0.15, -0.1) is 6.58 Å². The minimum atomic E-state index is -0.901. The molecule has 1 N–H and O–H groups in total. The summed E-state index contributed by atoms with van der Waals surface area (Å²) in [7, 11) is 1.69. The minimum absolute atomic E-state index is 0.174. The highest BCUT2D eigenvalue weighted by Crippen LogP contribution is 2.48. The van der Waals surface area contributed by atoms with Gasteiger partial charge in [-0.1, -0.05) is 24.3 Å². The molecule has 3 aliphatic heterocycles. The molecule has 0 aromatic heterocycles. The highest BCUT2D eigenvalue weighted by Gasteiger charge is 2.52. The zero-order valence-electron chi connectivity index (χ0n) is 15.0. The summed E-state index contributed by atoms with van der Waals surface area (Å²) in [5.41, 5.74) is 3.15. The number of hydrogen-bond acceptors (Lipinski definition) is 4. The van der Waals surface area contributed by atoms with E-state index in [1.807, 2.05) is 30.5 Å². The molecule has 0 radical (unpaired) electrons. The topological polar surface area (TPSA) is 45.1 Å². The number of fused-ring (bicyclic) bond motifs is 5. The van der Waals surface area contributed by atoms with Crippen LogP contribution in [0.3, 0.4) is 0 Å². The first-order valence-electron chi connectivity index (χ1n) is 9.05. The van der Waals surface area contributed by atoms with Crippen molar-refractivity contribution in [2.24, 2.45) is 16.8 Å². The maximum Gasteiger partial charge on any atom is 0.132 e. The van der Waals surface area contributed by atoms with Gasteiger partial charge in [-0.2, -0.15) is 0 Å². The Bertz CT molecular complexity index is 754. The monoisotopic (exact) mass is 338 g/mol. The van der Waals surface area contributed by atoms with E-state index >= 15 is 0 Å². The van der Waals surface area contributed by atoms with Crippen LogP contribution in [0.15, 0.2) is 53.7 Å². The van der Waals surface area contributed by atoms with Crippen LogP contribution >= 0.6 is 0 Å². The molecule has 4 heteroatoms. The standard InChI is InChI=1S/C21H26N2O2/c1-4-15-12-23-10-9-21(24)17-7-5-6-8-18(17)22-20(21)19(23)11-16(15)14(2)13-25-3/h4-8,13,15-16,19,24H,1,9-12H2,2-3H3/b14-13-/t15-,16+,19-,21-/m0/s1. The van der Waals surface area contributed by atoms with E-state index in [0.717, 1.165) is 36.5 Å². The van der Waals surface area contributed by atoms with Crippen molar-refractivity contribution in [3.63, 3.8) is 0 Å². The molecule has 0 amide bonds. The van der Waals surface area contributed by atoms with Gasteiger partial charge < -0.3 is 9.84 Å². The van der Waals surface area contributed by atoms with Crippen LogP contribution in [-0.2, 0) is 10.3 Å². The number of ether oxygens (including phenoxy) is 1. The normalized spacial score (nSPS) is 34.6. The van der Waals surface area contributed by atoms with Gasteiger partial charge >= 0.3 is 0 Å². The molecule has 132 valence electrons. The van der Waals surface area contributed by atoms with Gasteiger partial charge in [0.2, 0.25) is 0 Å². The molecular formula is C21H26N2O2. The summed E-state index contributed by atoms with van der Waals surface area (Å²) in [6, 6.07) is 8.18. The molecule has 0 unspecified atom stereocenters. The Labute approximate surface area is 149 Å². The number of aliphatic imine (C=N–C) groups is 1. The molecule has 2 saturated heterocycles. The van der Waals surface area contributed by atoms with E-state index in [0.29, 0.717) is 18.3 Å². The Morgan fingerprint density at radius 3 is 3.00 bits per heavy atom. The molecule has 4 atom stereocenters. The molecule has 3 aliphatic rings. The molecular weight excluding hydrogens is 312 g/mol. The van der Waals surface area contributed by atoms with Crippen molar-refractivity contribution in [2.75, 3.05) is 20.2 Å². The molecule has 0 saturated carbocycles. The number of allylic oxidation sites excluding steroid dienone is 1. The highest BCUT2D eigenvalue weighted by molar-refractivity contribution is 6.04. The van der Waals surface area contributed by atoms with Crippen LogP contribution in [0.4, 0.5) is 5.69 Å². The molecule has 25 heavy (non-hydrogen) atoms. The van der Waals surface area contributed by atoms with Gasteiger partial charge in [0.15, 0.2) is 0 Å². The van der Waals surface area contributed by atoms with Crippen molar-refractivity contribution in [3.8, 4) is 0 Å². The number of benzene rings is 1. The SMILES string of the molecule is C=C[C@H]1CN2CC[C@@]3(O)C(=Nc4ccccc43)[C@@H]2C[C@@H]1/C(C)=C\OC. The predicted octanol–water partition coefficient (Wildman–Crippen LogP) is 3.41. The molecule has 3 heterocycles. The zero-order chi connectivity index (χ0) is 17.6. The van der Waals surface area contributed by atoms with E-state index in [-0.39, 0.29) is 6.04 Å². The van der Waals surface area contributed by atoms with Crippen molar-refractivity contribution in [1.29, 1.82) is 0 Å². The molecule has 0 spiro atoms. The van der Waals surface area contributed by atoms with Crippen LogP contribution in [0.25, 0.3) is 0 Å². The van der Waals surface area contributed by atoms with Crippen LogP contribution in [0, 0.1) is 11.8 Å². The fourth-order valence-electron chi connectivity index (χ4n) is 4.86. The van der Waals surface area contributed by atoms with Crippen molar-refractivity contribution in [2.45, 2.75) is 31.4 Å². The number of nitrogens with zero attached hydrogens (tertiary/aromatic N) is 2. The van der Waals surface area contributed by atoms with E-state index in [1.54, 1.807) is 7.11 Å². The lowest BCUT2D eigenvalue weighted by Crippen LogP contribution is -2.60. The molecule has 1 aromatic rings. The molecule has 0 aliphatic carbocycles. The lowest BCUT2D eigenvalue weighted by Gasteiger charge is -2.49. The molecule has 0 bridgehead atoms. The fraction of sp³-hybridized carbons (Fsp3) is 0.476. The number of aliphatic hydroxyl groups is 1. The van der Waals surface area contributed by atoms with E-state index in [4.69, 9.17) is 9.73 Å². The first kappa shape index (κ1) is 16.6. The summed E-state index contributed by atoms with van der Waals surface area (Å²) in [6.45, 7) is 8.02. The number of hydrogen-bond donors (Lipinski definition) is 1. The summed E-state index contributed by atoms with van der Waals surface area (Å²) in [6.07, 6.45) is 5.56. The van der Waals surface area contributed by atoms with E-state index in [1.165, 1.54) is 5.57 Å². The van der Waals surface area contributed by atoms with Gasteiger partial charge in [0, 0.05) is 18.7 Å². The van der Waals surface area contributed by atoms with Crippen molar-refractivity contribution in [1.82, 2.24) is 4.90 Å². The Morgan fingerprint density at radius 2 is 2.24 bits per heavy atom. The number of rotatable bonds is 3. The van der Waals surface area contributed by atoms with E-state index in [9.17, 15) is 5.11 Å². The maximum absolute atomic E-state index is 11.4. The molecule has 4 nitrogen and oxygen atoms in total. The van der Waals surface area contributed by atoms with Crippen LogP contribution < -0.4 is 0 Å². The fourth-order valence-corrected chi connectivity index (χ4v) is 4.86. The quantitative estimate of drug-likeness (QED) is 0.678. The number of piperidine rings is 2. The minimum Gasteiger partial charge on any atom is -0.504 e. The Morgan fingerprint density at radius 1 is 1.44 bits per heavy atom. The summed E-state index contributed by atoms with van der Waals surface area (Å²) in [5, 5.41) is 11.4. The largest absolute Gasteiger partial charge is 0.504 e. The van der Waals surface area contributed by atoms with Crippen LogP contribution in [0.5, 0.6) is 0 Å². The van der Waals surface area contributed by atoms with Gasteiger partial charge in [-0.3, -0.25) is 9.89 Å². The lowest BCUT2D eigenvalue weighted by molar-refractivity contribution is 0.0263. The first-order valence-corrected chi connectivity index (χ1v) is 9.05. The third kappa shape index (κ3) is 2.47. The first-order chi connectivity index (χ1) is 12.1. The second-order valence-electron chi connectivity index (χ2n) is 7.47. The smallest absolute Gasteiger partial charge is 0.132 e. The lowest BCUT2D eigenvalue weighted by atomic mass is 9.71. The second-order valence-corrected chi connectivity index (χ2v) is 7.47. The van der Waals surface area contributed by atoms with Gasteiger partial charge in [0.05, 0.1) is 30.8 Å². The summed E-state index contributed by atoms with van der Waals surface area (Å²) in [4.78, 5) is 7.34. The average molecular weight is 338 g/mol. The van der Waals surface area contributed by atoms with Gasteiger partial charge in [-0.25, -0.2) is 0 Å².